The molecule has 0 saturated heterocycles. The van der Waals surface area contributed by atoms with Crippen LogP contribution in [-0.4, -0.2) is 16.0 Å². The fourth-order valence-electron chi connectivity index (χ4n) is 3.94. The maximum Gasteiger partial charge on any atom is 0.216 e. The molecule has 1 atom stereocenters. The zero-order valence-corrected chi connectivity index (χ0v) is 15.1. The van der Waals surface area contributed by atoms with Crippen molar-refractivity contribution >= 4 is 0 Å². The highest BCUT2D eigenvalue weighted by atomic mass is 16.6. The summed E-state index contributed by atoms with van der Waals surface area (Å²) in [7, 11) is 0. The van der Waals surface area contributed by atoms with E-state index in [-0.39, 0.29) is 17.4 Å². The van der Waals surface area contributed by atoms with Gasteiger partial charge in [0.05, 0.1) is 5.92 Å². The van der Waals surface area contributed by atoms with E-state index in [0.717, 1.165) is 30.6 Å². The molecule has 3 aromatic rings. The standard InChI is InChI=1S/C23H22N2O2/c26-25(27)17-21(19-11-5-2-6-12-19)23-15-20-13-7-8-14-22(20)24(23)16-18-9-3-1-4-10-18/h1-12,15,21H,13-14,16-17H2. The van der Waals surface area contributed by atoms with Crippen molar-refractivity contribution in [1.29, 1.82) is 0 Å². The predicted molar refractivity (Wildman–Crippen MR) is 107 cm³/mol. The topological polar surface area (TPSA) is 48.1 Å². The predicted octanol–water partition coefficient (Wildman–Crippen LogP) is 4.60. The second-order valence-electron chi connectivity index (χ2n) is 6.97. The van der Waals surface area contributed by atoms with Gasteiger partial charge in [0, 0.05) is 29.3 Å². The molecular weight excluding hydrogens is 336 g/mol. The number of nitro groups is 1. The summed E-state index contributed by atoms with van der Waals surface area (Å²) in [5.41, 5.74) is 5.80. The van der Waals surface area contributed by atoms with Gasteiger partial charge in [-0.2, -0.15) is 0 Å². The van der Waals surface area contributed by atoms with Crippen LogP contribution in [0.1, 0.15) is 34.0 Å². The fraction of sp³-hybridized carbons (Fsp3) is 0.217. The smallest absolute Gasteiger partial charge is 0.216 e. The third kappa shape index (κ3) is 3.70. The highest BCUT2D eigenvalue weighted by Gasteiger charge is 2.27. The molecule has 1 aliphatic carbocycles. The Bertz CT molecular complexity index is 959. The van der Waals surface area contributed by atoms with Crippen molar-refractivity contribution in [2.45, 2.75) is 25.3 Å². The first-order valence-corrected chi connectivity index (χ1v) is 9.29. The highest BCUT2D eigenvalue weighted by molar-refractivity contribution is 5.40. The van der Waals surface area contributed by atoms with E-state index >= 15 is 0 Å². The largest absolute Gasteiger partial charge is 0.343 e. The molecule has 1 unspecified atom stereocenters. The molecule has 4 nitrogen and oxygen atoms in total. The lowest BCUT2D eigenvalue weighted by Gasteiger charge is -2.20. The lowest BCUT2D eigenvalue weighted by atomic mass is 9.95. The van der Waals surface area contributed by atoms with Crippen molar-refractivity contribution in [3.8, 4) is 0 Å². The van der Waals surface area contributed by atoms with E-state index in [4.69, 9.17) is 0 Å². The van der Waals surface area contributed by atoms with Crippen LogP contribution in [0.5, 0.6) is 0 Å². The van der Waals surface area contributed by atoms with Crippen LogP contribution in [0, 0.1) is 10.1 Å². The number of nitrogens with zero attached hydrogens (tertiary/aromatic N) is 2. The molecule has 0 radical (unpaired) electrons. The molecule has 0 spiro atoms. The molecule has 27 heavy (non-hydrogen) atoms. The van der Waals surface area contributed by atoms with Gasteiger partial charge in [0.15, 0.2) is 0 Å². The van der Waals surface area contributed by atoms with Crippen LogP contribution in [0.4, 0.5) is 0 Å². The van der Waals surface area contributed by atoms with Crippen LogP contribution < -0.4 is 0 Å². The quantitative estimate of drug-likeness (QED) is 0.367. The Morgan fingerprint density at radius 2 is 1.63 bits per heavy atom. The Kier molecular flexibility index (Phi) is 4.88. The highest BCUT2D eigenvalue weighted by Crippen LogP contribution is 2.32. The average Bonchev–Trinajstić information content (AvgIpc) is 3.06. The van der Waals surface area contributed by atoms with E-state index in [1.54, 1.807) is 0 Å². The molecule has 136 valence electrons. The molecule has 0 aliphatic heterocycles. The minimum atomic E-state index is -0.254. The number of benzene rings is 2. The summed E-state index contributed by atoms with van der Waals surface area (Å²) < 4.78 is 2.30. The van der Waals surface area contributed by atoms with Crippen LogP contribution in [-0.2, 0) is 19.4 Å². The Labute approximate surface area is 158 Å². The molecule has 0 saturated carbocycles. The third-order valence-corrected chi connectivity index (χ3v) is 5.22. The monoisotopic (exact) mass is 358 g/mol. The zero-order chi connectivity index (χ0) is 18.6. The summed E-state index contributed by atoms with van der Waals surface area (Å²) in [6.07, 6.45) is 6.15. The summed E-state index contributed by atoms with van der Waals surface area (Å²) in [4.78, 5) is 11.3. The van der Waals surface area contributed by atoms with Crippen LogP contribution in [0.25, 0.3) is 0 Å². The zero-order valence-electron chi connectivity index (χ0n) is 15.1. The summed E-state index contributed by atoms with van der Waals surface area (Å²) in [5.74, 6) is -0.254. The van der Waals surface area contributed by atoms with Crippen LogP contribution in [0.15, 0.2) is 78.9 Å². The maximum absolute atomic E-state index is 11.5. The third-order valence-electron chi connectivity index (χ3n) is 5.22. The normalized spacial score (nSPS) is 13.9. The van der Waals surface area contributed by atoms with Crippen molar-refractivity contribution in [3.63, 3.8) is 0 Å². The van der Waals surface area contributed by atoms with Crippen molar-refractivity contribution in [3.05, 3.63) is 117 Å². The lowest BCUT2D eigenvalue weighted by Crippen LogP contribution is -2.19. The molecule has 0 amide bonds. The number of allylic oxidation sites excluding steroid dienone is 2. The van der Waals surface area contributed by atoms with Gasteiger partial charge < -0.3 is 4.57 Å². The summed E-state index contributed by atoms with van der Waals surface area (Å²) in [6, 6.07) is 22.3. The summed E-state index contributed by atoms with van der Waals surface area (Å²) in [5, 5.41) is 11.5. The van der Waals surface area contributed by atoms with E-state index in [2.05, 4.69) is 34.9 Å². The molecule has 4 rings (SSSR count). The van der Waals surface area contributed by atoms with Crippen molar-refractivity contribution in [1.82, 2.24) is 4.57 Å². The number of hydrogen-bond acceptors (Lipinski definition) is 2. The summed E-state index contributed by atoms with van der Waals surface area (Å²) in [6.45, 7) is 0.634. The first-order chi connectivity index (χ1) is 13.2. The van der Waals surface area contributed by atoms with E-state index in [0.29, 0.717) is 0 Å². The number of aromatic nitrogens is 1. The van der Waals surface area contributed by atoms with Crippen molar-refractivity contribution in [2.75, 3.05) is 6.54 Å². The molecule has 0 fully saturated rings. The second kappa shape index (κ2) is 7.62. The molecule has 1 heterocycles. The van der Waals surface area contributed by atoms with Gasteiger partial charge in [-0.1, -0.05) is 72.8 Å². The van der Waals surface area contributed by atoms with Crippen molar-refractivity contribution in [2.24, 2.45) is 0 Å². The Balaban J connectivity index is 1.82. The molecule has 0 bridgehead atoms. The Morgan fingerprint density at radius 3 is 2.33 bits per heavy atom. The second-order valence-corrected chi connectivity index (χ2v) is 6.97. The van der Waals surface area contributed by atoms with Gasteiger partial charge in [0.25, 0.3) is 0 Å². The van der Waals surface area contributed by atoms with Gasteiger partial charge in [0.1, 0.15) is 0 Å². The maximum atomic E-state index is 11.5. The Hall–Kier alpha value is -3.14. The van der Waals surface area contributed by atoms with Gasteiger partial charge in [-0.15, -0.1) is 0 Å². The average molecular weight is 358 g/mol. The van der Waals surface area contributed by atoms with Crippen molar-refractivity contribution < 1.29 is 4.92 Å². The first kappa shape index (κ1) is 17.3. The number of hydrogen-bond donors (Lipinski definition) is 0. The minimum absolute atomic E-state index is 0.102. The number of rotatable bonds is 6. The molecule has 1 aromatic heterocycles. The minimum Gasteiger partial charge on any atom is -0.343 e. The van der Waals surface area contributed by atoms with Gasteiger partial charge in [-0.25, -0.2) is 0 Å². The van der Waals surface area contributed by atoms with Gasteiger partial charge in [0.2, 0.25) is 6.54 Å². The lowest BCUT2D eigenvalue weighted by molar-refractivity contribution is -0.482. The van der Waals surface area contributed by atoms with Crippen LogP contribution >= 0.6 is 0 Å². The fourth-order valence-corrected chi connectivity index (χ4v) is 3.94. The molecular formula is C23H22N2O2. The molecule has 4 heteroatoms. The van der Waals surface area contributed by atoms with Gasteiger partial charge in [-0.05, 0) is 29.2 Å². The van der Waals surface area contributed by atoms with Crippen LogP contribution in [0.3, 0.4) is 0 Å². The van der Waals surface area contributed by atoms with E-state index in [1.807, 2.05) is 48.5 Å². The first-order valence-electron chi connectivity index (χ1n) is 9.29. The van der Waals surface area contributed by atoms with E-state index in [1.165, 1.54) is 16.8 Å². The molecule has 2 aromatic carbocycles. The van der Waals surface area contributed by atoms with Gasteiger partial charge >= 0.3 is 0 Å². The Morgan fingerprint density at radius 1 is 0.963 bits per heavy atom. The molecule has 1 aliphatic rings. The van der Waals surface area contributed by atoms with Crippen LogP contribution in [0.2, 0.25) is 0 Å². The number of fused-ring (bicyclic) bond motifs is 1. The summed E-state index contributed by atoms with van der Waals surface area (Å²) >= 11 is 0. The van der Waals surface area contributed by atoms with E-state index < -0.39 is 0 Å². The SMILES string of the molecule is O=[N+]([O-])CC(c1ccccc1)c1cc2c(n1Cc1ccccc1)CC=CC2. The molecule has 0 N–H and O–H groups in total. The van der Waals surface area contributed by atoms with Gasteiger partial charge in [-0.3, -0.25) is 10.1 Å². The van der Waals surface area contributed by atoms with E-state index in [9.17, 15) is 10.1 Å².